The third kappa shape index (κ3) is 3.41. The minimum Gasteiger partial charge on any atom is -0.444 e. The second-order valence-corrected chi connectivity index (χ2v) is 4.93. The van der Waals surface area contributed by atoms with Crippen molar-refractivity contribution in [2.75, 3.05) is 0 Å². The van der Waals surface area contributed by atoms with E-state index in [2.05, 4.69) is 5.10 Å². The van der Waals surface area contributed by atoms with Gasteiger partial charge in [0.15, 0.2) is 6.10 Å². The van der Waals surface area contributed by atoms with Crippen LogP contribution in [0.3, 0.4) is 0 Å². The number of carbonyl (C=O) groups excluding carboxylic acids is 1. The topological polar surface area (TPSA) is 67.9 Å². The number of benzene rings is 1. The fourth-order valence-corrected chi connectivity index (χ4v) is 2.20. The minimum absolute atomic E-state index is 0.203. The van der Waals surface area contributed by atoms with Gasteiger partial charge in [0.2, 0.25) is 0 Å². The maximum Gasteiger partial charge on any atom is 0.344 e. The Morgan fingerprint density at radius 3 is 2.76 bits per heavy atom. The van der Waals surface area contributed by atoms with Gasteiger partial charge in [-0.2, -0.15) is 10.4 Å². The van der Waals surface area contributed by atoms with Gasteiger partial charge in [0.1, 0.15) is 16.8 Å². The number of ether oxygens (including phenoxy) is 1. The van der Waals surface area contributed by atoms with Gasteiger partial charge in [-0.15, -0.1) is 0 Å². The Morgan fingerprint density at radius 2 is 2.14 bits per heavy atom. The molecule has 0 aliphatic heterocycles. The molecule has 1 heterocycles. The van der Waals surface area contributed by atoms with Gasteiger partial charge in [0, 0.05) is 0 Å². The van der Waals surface area contributed by atoms with Crippen molar-refractivity contribution < 1.29 is 9.53 Å². The lowest BCUT2D eigenvalue weighted by molar-refractivity contribution is 0.0435. The molecule has 2 aromatic rings. The quantitative estimate of drug-likeness (QED) is 0.814. The number of esters is 1. The van der Waals surface area contributed by atoms with E-state index in [4.69, 9.17) is 21.6 Å². The van der Waals surface area contributed by atoms with Crippen LogP contribution in [0, 0.1) is 18.3 Å². The molecule has 0 unspecified atom stereocenters. The van der Waals surface area contributed by atoms with Crippen molar-refractivity contribution in [1.29, 1.82) is 5.26 Å². The van der Waals surface area contributed by atoms with Crippen LogP contribution >= 0.6 is 11.6 Å². The summed E-state index contributed by atoms with van der Waals surface area (Å²) in [4.78, 5) is 12.0. The van der Waals surface area contributed by atoms with Crippen molar-refractivity contribution in [3.63, 3.8) is 0 Å². The predicted octanol–water partition coefficient (Wildman–Crippen LogP) is 2.96. The van der Waals surface area contributed by atoms with Gasteiger partial charge >= 0.3 is 5.97 Å². The first-order chi connectivity index (χ1) is 10.0. The summed E-state index contributed by atoms with van der Waals surface area (Å²) in [5, 5.41) is 13.2. The minimum atomic E-state index is -0.828. The summed E-state index contributed by atoms with van der Waals surface area (Å²) in [6.07, 6.45) is -0.828. The van der Waals surface area contributed by atoms with Crippen LogP contribution in [-0.4, -0.2) is 21.9 Å². The Bertz CT molecular complexity index is 689. The molecule has 5 nitrogen and oxygen atoms in total. The number of aromatic nitrogens is 2. The predicted molar refractivity (Wildman–Crippen MR) is 78.0 cm³/mol. The molecule has 0 spiro atoms. The average molecular weight is 304 g/mol. The summed E-state index contributed by atoms with van der Waals surface area (Å²) < 4.78 is 6.51. The molecule has 0 radical (unpaired) electrons. The number of halogens is 1. The lowest BCUT2D eigenvalue weighted by atomic mass is 10.2. The van der Waals surface area contributed by atoms with Crippen LogP contribution in [0.25, 0.3) is 0 Å². The standard InChI is InChI=1S/C15H14ClN3O2/c1-10(8-17)21-15(20)13-11(2)18-19(14(13)16)9-12-6-4-3-5-7-12/h3-7,10H,9H2,1-2H3/t10-/m1/s1. The number of hydrogen-bond donors (Lipinski definition) is 0. The van der Waals surface area contributed by atoms with Crippen molar-refractivity contribution in [2.24, 2.45) is 0 Å². The summed E-state index contributed by atoms with van der Waals surface area (Å²) in [5.74, 6) is -0.633. The Kier molecular flexibility index (Phi) is 4.61. The van der Waals surface area contributed by atoms with E-state index in [0.717, 1.165) is 5.56 Å². The van der Waals surface area contributed by atoms with Crippen LogP contribution in [0.4, 0.5) is 0 Å². The zero-order chi connectivity index (χ0) is 15.4. The second-order valence-electron chi connectivity index (χ2n) is 4.57. The molecule has 6 heteroatoms. The molecule has 0 aliphatic rings. The molecule has 0 bridgehead atoms. The molecule has 0 saturated heterocycles. The molecule has 21 heavy (non-hydrogen) atoms. The highest BCUT2D eigenvalue weighted by Crippen LogP contribution is 2.22. The zero-order valence-electron chi connectivity index (χ0n) is 11.7. The van der Waals surface area contributed by atoms with Gasteiger partial charge in [0.05, 0.1) is 12.2 Å². The Morgan fingerprint density at radius 1 is 1.48 bits per heavy atom. The van der Waals surface area contributed by atoms with Crippen LogP contribution in [0.1, 0.15) is 28.5 Å². The number of carbonyl (C=O) groups is 1. The molecule has 1 aromatic carbocycles. The normalized spacial score (nSPS) is 11.7. The SMILES string of the molecule is Cc1nn(Cc2ccccc2)c(Cl)c1C(=O)O[C@H](C)C#N. The van der Waals surface area contributed by atoms with Crippen LogP contribution in [0.15, 0.2) is 30.3 Å². The van der Waals surface area contributed by atoms with E-state index in [-0.39, 0.29) is 10.7 Å². The third-order valence-electron chi connectivity index (χ3n) is 2.91. The fourth-order valence-electron chi connectivity index (χ4n) is 1.89. The summed E-state index contributed by atoms with van der Waals surface area (Å²) in [7, 11) is 0. The monoisotopic (exact) mass is 303 g/mol. The van der Waals surface area contributed by atoms with Gasteiger partial charge in [-0.1, -0.05) is 41.9 Å². The molecule has 0 N–H and O–H groups in total. The van der Waals surface area contributed by atoms with Crippen molar-refractivity contribution in [3.05, 3.63) is 52.3 Å². The molecule has 1 aromatic heterocycles. The molecule has 0 amide bonds. The Balaban J connectivity index is 2.26. The van der Waals surface area contributed by atoms with Crippen molar-refractivity contribution in [2.45, 2.75) is 26.5 Å². The lowest BCUT2D eigenvalue weighted by Crippen LogP contribution is -2.14. The van der Waals surface area contributed by atoms with E-state index in [1.807, 2.05) is 36.4 Å². The van der Waals surface area contributed by atoms with E-state index in [9.17, 15) is 4.79 Å². The molecular formula is C15H14ClN3O2. The van der Waals surface area contributed by atoms with Crippen LogP contribution < -0.4 is 0 Å². The summed E-state index contributed by atoms with van der Waals surface area (Å²) in [6, 6.07) is 11.5. The maximum atomic E-state index is 12.0. The molecule has 2 rings (SSSR count). The Hall–Kier alpha value is -2.32. The van der Waals surface area contributed by atoms with Gasteiger partial charge in [-0.25, -0.2) is 9.48 Å². The molecule has 0 aliphatic carbocycles. The third-order valence-corrected chi connectivity index (χ3v) is 3.29. The first kappa shape index (κ1) is 15.1. The summed E-state index contributed by atoms with van der Waals surface area (Å²) in [5.41, 5.74) is 1.70. The van der Waals surface area contributed by atoms with Gasteiger partial charge in [0.25, 0.3) is 0 Å². The average Bonchev–Trinajstić information content (AvgIpc) is 2.74. The van der Waals surface area contributed by atoms with Gasteiger partial charge in [-0.3, -0.25) is 0 Å². The van der Waals surface area contributed by atoms with Crippen molar-refractivity contribution in [3.8, 4) is 6.07 Å². The molecule has 108 valence electrons. The van der Waals surface area contributed by atoms with E-state index >= 15 is 0 Å². The van der Waals surface area contributed by atoms with E-state index in [1.165, 1.54) is 6.92 Å². The first-order valence-electron chi connectivity index (χ1n) is 6.40. The number of rotatable bonds is 4. The highest BCUT2D eigenvalue weighted by atomic mass is 35.5. The van der Waals surface area contributed by atoms with E-state index in [0.29, 0.717) is 12.2 Å². The fraction of sp³-hybridized carbons (Fsp3) is 0.267. The number of nitrogens with zero attached hydrogens (tertiary/aromatic N) is 3. The summed E-state index contributed by atoms with van der Waals surface area (Å²) in [6.45, 7) is 3.64. The Labute approximate surface area is 127 Å². The summed E-state index contributed by atoms with van der Waals surface area (Å²) >= 11 is 6.22. The molecular weight excluding hydrogens is 290 g/mol. The van der Waals surface area contributed by atoms with Crippen LogP contribution in [-0.2, 0) is 11.3 Å². The van der Waals surface area contributed by atoms with Gasteiger partial charge in [-0.05, 0) is 19.4 Å². The van der Waals surface area contributed by atoms with E-state index in [1.54, 1.807) is 11.6 Å². The maximum absolute atomic E-state index is 12.0. The smallest absolute Gasteiger partial charge is 0.344 e. The van der Waals surface area contributed by atoms with Crippen molar-refractivity contribution in [1.82, 2.24) is 9.78 Å². The van der Waals surface area contributed by atoms with Crippen molar-refractivity contribution >= 4 is 17.6 Å². The zero-order valence-corrected chi connectivity index (χ0v) is 12.5. The van der Waals surface area contributed by atoms with E-state index < -0.39 is 12.1 Å². The molecule has 0 fully saturated rings. The second kappa shape index (κ2) is 6.42. The number of aryl methyl sites for hydroxylation is 1. The van der Waals surface area contributed by atoms with Gasteiger partial charge < -0.3 is 4.74 Å². The lowest BCUT2D eigenvalue weighted by Gasteiger charge is -2.06. The highest BCUT2D eigenvalue weighted by molar-refractivity contribution is 6.32. The number of nitriles is 1. The number of hydrogen-bond acceptors (Lipinski definition) is 4. The van der Waals surface area contributed by atoms with Crippen LogP contribution in [0.2, 0.25) is 5.15 Å². The largest absolute Gasteiger partial charge is 0.444 e. The highest BCUT2D eigenvalue weighted by Gasteiger charge is 2.23. The first-order valence-corrected chi connectivity index (χ1v) is 6.78. The molecule has 0 saturated carbocycles. The molecule has 1 atom stereocenters. The van der Waals surface area contributed by atoms with Crippen LogP contribution in [0.5, 0.6) is 0 Å².